The normalized spacial score (nSPS) is 13.2. The van der Waals surface area contributed by atoms with Crippen LogP contribution in [0.2, 0.25) is 0 Å². The molecule has 4 nitrogen and oxygen atoms in total. The molecule has 4 heterocycles. The number of hydrogen-bond acceptors (Lipinski definition) is 4. The van der Waals surface area contributed by atoms with Crippen LogP contribution in [0.15, 0.2) is 55.0 Å². The second-order valence-corrected chi connectivity index (χ2v) is 8.24. The molecule has 0 spiro atoms. The van der Waals surface area contributed by atoms with E-state index in [-0.39, 0.29) is 5.41 Å². The van der Waals surface area contributed by atoms with Gasteiger partial charge in [0.05, 0.1) is 22.1 Å². The Kier molecular flexibility index (Phi) is 4.34. The molecule has 4 aromatic rings. The molecule has 0 aromatic carbocycles. The van der Waals surface area contributed by atoms with Gasteiger partial charge in [-0.25, -0.2) is 0 Å². The molecule has 136 valence electrons. The highest BCUT2D eigenvalue weighted by Crippen LogP contribution is 2.25. The molecule has 0 radical (unpaired) electrons. The largest absolute Gasteiger partial charge is 0.255 e. The molecule has 0 aliphatic carbocycles. The first-order valence-corrected chi connectivity index (χ1v) is 9.37. The maximum Gasteiger partial charge on any atom is 0.0890 e. The first-order valence-electron chi connectivity index (χ1n) is 9.37. The van der Waals surface area contributed by atoms with Crippen LogP contribution in [0.1, 0.15) is 50.4 Å². The Labute approximate surface area is 159 Å². The third-order valence-electron chi connectivity index (χ3n) is 4.98. The van der Waals surface area contributed by atoms with Crippen LogP contribution in [0.3, 0.4) is 0 Å². The summed E-state index contributed by atoms with van der Waals surface area (Å²) in [5.41, 5.74) is 7.31. The molecule has 27 heavy (non-hydrogen) atoms. The third-order valence-corrected chi connectivity index (χ3v) is 4.98. The monoisotopic (exact) mass is 356 g/mol. The number of hydrogen-bond donors (Lipinski definition) is 0. The van der Waals surface area contributed by atoms with E-state index in [1.807, 2.05) is 30.6 Å². The van der Waals surface area contributed by atoms with Gasteiger partial charge >= 0.3 is 0 Å². The van der Waals surface area contributed by atoms with E-state index in [1.165, 1.54) is 11.1 Å². The van der Waals surface area contributed by atoms with Crippen LogP contribution >= 0.6 is 0 Å². The highest BCUT2D eigenvalue weighted by Gasteiger charge is 2.15. The maximum atomic E-state index is 4.77. The third kappa shape index (κ3) is 3.65. The Bertz CT molecular complexity index is 1110. The average Bonchev–Trinajstić information content (AvgIpc) is 2.66. The summed E-state index contributed by atoms with van der Waals surface area (Å²) in [7, 11) is 0. The summed E-state index contributed by atoms with van der Waals surface area (Å²) in [6.07, 6.45) is 6.61. The molecule has 4 aromatic heterocycles. The van der Waals surface area contributed by atoms with E-state index in [4.69, 9.17) is 4.98 Å². The highest BCUT2D eigenvalue weighted by atomic mass is 14.8. The van der Waals surface area contributed by atoms with Crippen molar-refractivity contribution in [1.29, 1.82) is 0 Å². The Morgan fingerprint density at radius 2 is 1.63 bits per heavy atom. The SMILES string of the molecule is CC(Cc1cnc2cc(C(C)(C)C)cnc2c1)c1ccc2ncccc2n1. The van der Waals surface area contributed by atoms with Gasteiger partial charge in [0, 0.05) is 30.2 Å². The molecular formula is C23H24N4. The lowest BCUT2D eigenvalue weighted by atomic mass is 9.88. The fourth-order valence-corrected chi connectivity index (χ4v) is 3.27. The zero-order valence-electron chi connectivity index (χ0n) is 16.3. The van der Waals surface area contributed by atoms with Crippen molar-refractivity contribution >= 4 is 22.1 Å². The van der Waals surface area contributed by atoms with Crippen molar-refractivity contribution in [2.24, 2.45) is 0 Å². The lowest BCUT2D eigenvalue weighted by Gasteiger charge is -2.18. The molecule has 0 saturated carbocycles. The molecule has 1 unspecified atom stereocenters. The summed E-state index contributed by atoms with van der Waals surface area (Å²) in [5.74, 6) is 0.294. The van der Waals surface area contributed by atoms with Gasteiger partial charge < -0.3 is 0 Å². The smallest absolute Gasteiger partial charge is 0.0890 e. The van der Waals surface area contributed by atoms with Crippen molar-refractivity contribution in [3.63, 3.8) is 0 Å². The van der Waals surface area contributed by atoms with Gasteiger partial charge in [-0.2, -0.15) is 0 Å². The molecule has 4 heteroatoms. The van der Waals surface area contributed by atoms with Crippen molar-refractivity contribution < 1.29 is 0 Å². The summed E-state index contributed by atoms with van der Waals surface area (Å²) in [4.78, 5) is 18.4. The van der Waals surface area contributed by atoms with Crippen LogP contribution in [0.5, 0.6) is 0 Å². The van der Waals surface area contributed by atoms with Gasteiger partial charge in [0.25, 0.3) is 0 Å². The van der Waals surface area contributed by atoms with Crippen molar-refractivity contribution in [2.75, 3.05) is 0 Å². The molecule has 0 amide bonds. The number of rotatable bonds is 3. The molecule has 0 bridgehead atoms. The van der Waals surface area contributed by atoms with Crippen molar-refractivity contribution in [3.05, 3.63) is 71.8 Å². The predicted molar refractivity (Wildman–Crippen MR) is 110 cm³/mol. The van der Waals surface area contributed by atoms with Crippen LogP contribution in [0.4, 0.5) is 0 Å². The van der Waals surface area contributed by atoms with Gasteiger partial charge in [-0.3, -0.25) is 19.9 Å². The lowest BCUT2D eigenvalue weighted by Crippen LogP contribution is -2.11. The molecular weight excluding hydrogens is 332 g/mol. The summed E-state index contributed by atoms with van der Waals surface area (Å²) in [5, 5.41) is 0. The topological polar surface area (TPSA) is 51.6 Å². The van der Waals surface area contributed by atoms with Gasteiger partial charge in [-0.15, -0.1) is 0 Å². The van der Waals surface area contributed by atoms with E-state index in [9.17, 15) is 0 Å². The zero-order valence-corrected chi connectivity index (χ0v) is 16.3. The number of nitrogens with zero attached hydrogens (tertiary/aromatic N) is 4. The zero-order chi connectivity index (χ0) is 19.0. The molecule has 1 atom stereocenters. The molecule has 4 rings (SSSR count). The summed E-state index contributed by atoms with van der Waals surface area (Å²) >= 11 is 0. The van der Waals surface area contributed by atoms with Crippen LogP contribution in [-0.2, 0) is 11.8 Å². The van der Waals surface area contributed by atoms with Gasteiger partial charge in [0.15, 0.2) is 0 Å². The standard InChI is InChI=1S/C23H24N4/c1-15(18-7-8-19-20(27-18)6-5-9-24-19)10-16-11-21-22(25-13-16)12-17(14-26-21)23(2,3)4/h5-9,11-15H,10H2,1-4H3. The minimum Gasteiger partial charge on any atom is -0.255 e. The second-order valence-electron chi connectivity index (χ2n) is 8.24. The fourth-order valence-electron chi connectivity index (χ4n) is 3.27. The number of aromatic nitrogens is 4. The molecule has 0 saturated heterocycles. The van der Waals surface area contributed by atoms with Crippen LogP contribution in [0.25, 0.3) is 22.1 Å². The summed E-state index contributed by atoms with van der Waals surface area (Å²) in [6, 6.07) is 12.3. The quantitative estimate of drug-likeness (QED) is 0.505. The molecule has 0 aliphatic rings. The number of pyridine rings is 4. The van der Waals surface area contributed by atoms with Crippen molar-refractivity contribution in [1.82, 2.24) is 19.9 Å². The van der Waals surface area contributed by atoms with Crippen LogP contribution in [-0.4, -0.2) is 19.9 Å². The second kappa shape index (κ2) is 6.69. The lowest BCUT2D eigenvalue weighted by molar-refractivity contribution is 0.588. The Morgan fingerprint density at radius 3 is 2.44 bits per heavy atom. The van der Waals surface area contributed by atoms with E-state index in [0.29, 0.717) is 5.92 Å². The fraction of sp³-hybridized carbons (Fsp3) is 0.304. The van der Waals surface area contributed by atoms with Crippen molar-refractivity contribution in [2.45, 2.75) is 45.4 Å². The van der Waals surface area contributed by atoms with Gasteiger partial charge in [-0.05, 0) is 59.4 Å². The first-order chi connectivity index (χ1) is 12.9. The van der Waals surface area contributed by atoms with Crippen molar-refractivity contribution in [3.8, 4) is 0 Å². The minimum absolute atomic E-state index is 0.0761. The van der Waals surface area contributed by atoms with Gasteiger partial charge in [0.1, 0.15) is 0 Å². The Morgan fingerprint density at radius 1 is 0.852 bits per heavy atom. The van der Waals surface area contributed by atoms with E-state index >= 15 is 0 Å². The van der Waals surface area contributed by atoms with E-state index < -0.39 is 0 Å². The van der Waals surface area contributed by atoms with E-state index in [2.05, 4.69) is 60.8 Å². The van der Waals surface area contributed by atoms with E-state index in [1.54, 1.807) is 6.20 Å². The highest BCUT2D eigenvalue weighted by molar-refractivity contribution is 5.75. The first kappa shape index (κ1) is 17.5. The Hall–Kier alpha value is -2.88. The molecule has 0 N–H and O–H groups in total. The summed E-state index contributed by atoms with van der Waals surface area (Å²) in [6.45, 7) is 8.78. The Balaban J connectivity index is 1.60. The van der Waals surface area contributed by atoms with Gasteiger partial charge in [-0.1, -0.05) is 27.7 Å². The molecule has 0 aliphatic heterocycles. The average molecular weight is 356 g/mol. The number of fused-ring (bicyclic) bond motifs is 2. The predicted octanol–water partition coefficient (Wildman–Crippen LogP) is 5.22. The summed E-state index contributed by atoms with van der Waals surface area (Å²) < 4.78 is 0. The van der Waals surface area contributed by atoms with Gasteiger partial charge in [0.2, 0.25) is 0 Å². The van der Waals surface area contributed by atoms with E-state index in [0.717, 1.165) is 34.2 Å². The minimum atomic E-state index is 0.0761. The van der Waals surface area contributed by atoms with Crippen LogP contribution < -0.4 is 0 Å². The maximum absolute atomic E-state index is 4.77. The van der Waals surface area contributed by atoms with Crippen LogP contribution in [0, 0.1) is 0 Å². The molecule has 0 fully saturated rings.